The van der Waals surface area contributed by atoms with E-state index in [0.29, 0.717) is 0 Å². The Bertz CT molecular complexity index is 134. The second-order valence-electron chi connectivity index (χ2n) is 2.69. The Kier molecular flexibility index (Phi) is 7.78. The Morgan fingerprint density at radius 2 is 1.67 bits per heavy atom. The minimum atomic E-state index is -0.935. The lowest BCUT2D eigenvalue weighted by Crippen LogP contribution is -2.28. The van der Waals surface area contributed by atoms with Gasteiger partial charge < -0.3 is 15.9 Å². The first kappa shape index (κ1) is 13.7. The molecule has 0 heterocycles. The van der Waals surface area contributed by atoms with Gasteiger partial charge in [0.2, 0.25) is 0 Å². The number of carboxylic acid groups (broad SMARTS) is 1. The molecule has 0 spiro atoms. The summed E-state index contributed by atoms with van der Waals surface area (Å²) in [4.78, 5) is 9.60. The predicted octanol–water partition coefficient (Wildman–Crippen LogP) is 0.362. The zero-order valence-electron chi connectivity index (χ0n) is 7.74. The second kappa shape index (κ2) is 6.82. The summed E-state index contributed by atoms with van der Waals surface area (Å²) in [5.41, 5.74) is 5.36. The number of carboxylic acids is 1. The van der Waals surface area contributed by atoms with E-state index >= 15 is 0 Å². The number of rotatable bonds is 2. The molecule has 0 rings (SSSR count). The molecule has 0 amide bonds. The molecule has 0 aliphatic rings. The van der Waals surface area contributed by atoms with Crippen molar-refractivity contribution in [2.75, 3.05) is 0 Å². The minimum Gasteiger partial charge on any atom is -0.478 e. The van der Waals surface area contributed by atoms with Crippen LogP contribution in [0.15, 0.2) is 12.2 Å². The molecule has 0 saturated carbocycles. The number of aliphatic hydroxyl groups is 1. The van der Waals surface area contributed by atoms with E-state index in [0.717, 1.165) is 0 Å². The molecule has 72 valence electrons. The summed E-state index contributed by atoms with van der Waals surface area (Å²) >= 11 is 0. The zero-order chi connectivity index (χ0) is 10.3. The summed E-state index contributed by atoms with van der Waals surface area (Å²) in [6, 6.07) is -0.0926. The van der Waals surface area contributed by atoms with Crippen molar-refractivity contribution in [3.05, 3.63) is 12.2 Å². The molecule has 0 bridgehead atoms. The van der Waals surface area contributed by atoms with Crippen LogP contribution in [0.2, 0.25) is 0 Å². The lowest BCUT2D eigenvalue weighted by Gasteiger charge is -2.04. The summed E-state index contributed by atoms with van der Waals surface area (Å²) < 4.78 is 0. The molecular formula is C8H17NO3. The highest BCUT2D eigenvalue weighted by Crippen LogP contribution is 1.82. The first-order valence-corrected chi connectivity index (χ1v) is 3.61. The second-order valence-corrected chi connectivity index (χ2v) is 2.69. The molecule has 0 saturated heterocycles. The Balaban J connectivity index is 0. The molecule has 0 fully saturated rings. The molecule has 0 aromatic rings. The molecule has 0 aliphatic heterocycles. The van der Waals surface area contributed by atoms with E-state index in [-0.39, 0.29) is 17.7 Å². The molecular weight excluding hydrogens is 158 g/mol. The number of aliphatic hydroxyl groups excluding tert-OH is 1. The highest BCUT2D eigenvalue weighted by molar-refractivity contribution is 5.84. The van der Waals surface area contributed by atoms with Crippen molar-refractivity contribution < 1.29 is 15.0 Å². The van der Waals surface area contributed by atoms with E-state index in [1.54, 1.807) is 13.8 Å². The summed E-state index contributed by atoms with van der Waals surface area (Å²) in [6.45, 7) is 8.04. The third-order valence-electron chi connectivity index (χ3n) is 1.13. The molecule has 2 unspecified atom stereocenters. The largest absolute Gasteiger partial charge is 0.478 e. The smallest absolute Gasteiger partial charge is 0.330 e. The molecule has 0 aromatic carbocycles. The summed E-state index contributed by atoms with van der Waals surface area (Å²) in [6.07, 6.45) is -0.370. The lowest BCUT2D eigenvalue weighted by molar-refractivity contribution is -0.132. The van der Waals surface area contributed by atoms with Gasteiger partial charge in [-0.25, -0.2) is 4.79 Å². The molecule has 0 radical (unpaired) electrons. The fourth-order valence-electron chi connectivity index (χ4n) is 0. The molecule has 4 heteroatoms. The number of carbonyl (C=O) groups is 1. The van der Waals surface area contributed by atoms with Gasteiger partial charge in [0.25, 0.3) is 0 Å². The average Bonchev–Trinajstić information content (AvgIpc) is 1.88. The van der Waals surface area contributed by atoms with Crippen molar-refractivity contribution in [2.45, 2.75) is 32.9 Å². The highest BCUT2D eigenvalue weighted by Gasteiger charge is 1.97. The van der Waals surface area contributed by atoms with E-state index in [9.17, 15) is 4.79 Å². The van der Waals surface area contributed by atoms with Crippen LogP contribution < -0.4 is 5.73 Å². The van der Waals surface area contributed by atoms with Crippen molar-refractivity contribution in [3.63, 3.8) is 0 Å². The predicted molar refractivity (Wildman–Crippen MR) is 47.8 cm³/mol. The SMILES string of the molecule is C=C(C)C(=O)O.CC(N)C(C)O. The van der Waals surface area contributed by atoms with Gasteiger partial charge in [-0.2, -0.15) is 0 Å². The van der Waals surface area contributed by atoms with Crippen LogP contribution in [0.4, 0.5) is 0 Å². The number of nitrogens with two attached hydrogens (primary N) is 1. The van der Waals surface area contributed by atoms with Crippen LogP contribution in [-0.2, 0) is 4.79 Å². The molecule has 2 atom stereocenters. The Hall–Kier alpha value is -0.870. The normalized spacial score (nSPS) is 13.8. The summed E-state index contributed by atoms with van der Waals surface area (Å²) in [7, 11) is 0. The maximum atomic E-state index is 9.60. The van der Waals surface area contributed by atoms with Gasteiger partial charge in [-0.05, 0) is 20.8 Å². The molecule has 0 aromatic heterocycles. The van der Waals surface area contributed by atoms with E-state index < -0.39 is 5.97 Å². The Morgan fingerprint density at radius 1 is 1.50 bits per heavy atom. The number of hydrogen-bond donors (Lipinski definition) is 3. The van der Waals surface area contributed by atoms with Crippen LogP contribution >= 0.6 is 0 Å². The van der Waals surface area contributed by atoms with Crippen LogP contribution in [0.25, 0.3) is 0 Å². The zero-order valence-corrected chi connectivity index (χ0v) is 7.74. The first-order chi connectivity index (χ1) is 5.29. The van der Waals surface area contributed by atoms with Gasteiger partial charge in [0.1, 0.15) is 0 Å². The average molecular weight is 175 g/mol. The van der Waals surface area contributed by atoms with E-state index in [2.05, 4.69) is 6.58 Å². The van der Waals surface area contributed by atoms with Crippen LogP contribution in [0, 0.1) is 0 Å². The fraction of sp³-hybridized carbons (Fsp3) is 0.625. The third-order valence-corrected chi connectivity index (χ3v) is 1.13. The Morgan fingerprint density at radius 3 is 1.67 bits per heavy atom. The Labute approximate surface area is 72.7 Å². The van der Waals surface area contributed by atoms with E-state index in [1.807, 2.05) is 0 Å². The van der Waals surface area contributed by atoms with Crippen LogP contribution in [0.3, 0.4) is 0 Å². The van der Waals surface area contributed by atoms with Gasteiger partial charge in [0, 0.05) is 11.6 Å². The van der Waals surface area contributed by atoms with Gasteiger partial charge >= 0.3 is 5.97 Å². The first-order valence-electron chi connectivity index (χ1n) is 3.61. The molecule has 4 nitrogen and oxygen atoms in total. The fourth-order valence-corrected chi connectivity index (χ4v) is 0. The van der Waals surface area contributed by atoms with E-state index in [1.165, 1.54) is 6.92 Å². The van der Waals surface area contributed by atoms with Gasteiger partial charge in [0.05, 0.1) is 6.10 Å². The third kappa shape index (κ3) is 11.9. The minimum absolute atomic E-state index is 0.0926. The molecule has 4 N–H and O–H groups in total. The van der Waals surface area contributed by atoms with E-state index in [4.69, 9.17) is 15.9 Å². The van der Waals surface area contributed by atoms with Gasteiger partial charge in [-0.1, -0.05) is 6.58 Å². The van der Waals surface area contributed by atoms with Crippen LogP contribution in [0.1, 0.15) is 20.8 Å². The maximum Gasteiger partial charge on any atom is 0.330 e. The van der Waals surface area contributed by atoms with Gasteiger partial charge in [-0.3, -0.25) is 0 Å². The summed E-state index contributed by atoms with van der Waals surface area (Å²) in [5.74, 6) is -0.935. The number of hydrogen-bond acceptors (Lipinski definition) is 3. The van der Waals surface area contributed by atoms with Crippen molar-refractivity contribution in [2.24, 2.45) is 5.73 Å². The van der Waals surface area contributed by atoms with Crippen LogP contribution in [-0.4, -0.2) is 28.3 Å². The van der Waals surface area contributed by atoms with Crippen LogP contribution in [0.5, 0.6) is 0 Å². The van der Waals surface area contributed by atoms with Crippen molar-refractivity contribution in [1.82, 2.24) is 0 Å². The highest BCUT2D eigenvalue weighted by atomic mass is 16.4. The van der Waals surface area contributed by atoms with Crippen molar-refractivity contribution in [1.29, 1.82) is 0 Å². The maximum absolute atomic E-state index is 9.60. The lowest BCUT2D eigenvalue weighted by atomic mass is 10.2. The monoisotopic (exact) mass is 175 g/mol. The van der Waals surface area contributed by atoms with Crippen molar-refractivity contribution >= 4 is 5.97 Å². The van der Waals surface area contributed by atoms with Gasteiger partial charge in [-0.15, -0.1) is 0 Å². The summed E-state index contributed by atoms with van der Waals surface area (Å²) in [5, 5.41) is 16.4. The quantitative estimate of drug-likeness (QED) is 0.529. The molecule has 0 aliphatic carbocycles. The molecule has 12 heavy (non-hydrogen) atoms. The van der Waals surface area contributed by atoms with Gasteiger partial charge in [0.15, 0.2) is 0 Å². The van der Waals surface area contributed by atoms with Crippen molar-refractivity contribution in [3.8, 4) is 0 Å². The number of aliphatic carboxylic acids is 1. The topological polar surface area (TPSA) is 83.5 Å². The standard InChI is InChI=1S/C4H11NO.C4H6O2/c1-3(5)4(2)6;1-3(2)4(5)6/h3-4,6H,5H2,1-2H3;1H2,2H3,(H,5,6).